The van der Waals surface area contributed by atoms with Gasteiger partial charge >= 0.3 is 0 Å². The van der Waals surface area contributed by atoms with Crippen LogP contribution < -0.4 is 0 Å². The minimum Gasteiger partial charge on any atom is -0.396 e. The molecule has 1 aromatic carbocycles. The highest BCUT2D eigenvalue weighted by molar-refractivity contribution is 6.42. The van der Waals surface area contributed by atoms with Gasteiger partial charge in [0.25, 0.3) is 0 Å². The minimum atomic E-state index is 0.163. The molecule has 4 nitrogen and oxygen atoms in total. The van der Waals surface area contributed by atoms with Crippen molar-refractivity contribution in [2.24, 2.45) is 0 Å². The Morgan fingerprint density at radius 2 is 2.00 bits per heavy atom. The molecule has 0 saturated heterocycles. The SMILES string of the molecule is OCCCN(Cc1ccc(Cl)c(Cl)c1)Cc1ccon1. The molecule has 0 aliphatic heterocycles. The molecule has 108 valence electrons. The van der Waals surface area contributed by atoms with Crippen LogP contribution in [0.3, 0.4) is 0 Å². The quantitative estimate of drug-likeness (QED) is 0.851. The lowest BCUT2D eigenvalue weighted by Gasteiger charge is -2.21. The molecule has 0 atom stereocenters. The predicted octanol–water partition coefficient (Wildman–Crippen LogP) is 3.37. The summed E-state index contributed by atoms with van der Waals surface area (Å²) in [5.41, 5.74) is 1.93. The van der Waals surface area contributed by atoms with Crippen molar-refractivity contribution in [2.75, 3.05) is 13.2 Å². The second kappa shape index (κ2) is 7.64. The minimum absolute atomic E-state index is 0.163. The monoisotopic (exact) mass is 314 g/mol. The van der Waals surface area contributed by atoms with E-state index in [-0.39, 0.29) is 6.61 Å². The van der Waals surface area contributed by atoms with Crippen LogP contribution in [-0.4, -0.2) is 28.3 Å². The molecule has 2 aromatic rings. The second-order valence-electron chi connectivity index (χ2n) is 4.53. The van der Waals surface area contributed by atoms with E-state index >= 15 is 0 Å². The van der Waals surface area contributed by atoms with Crippen molar-refractivity contribution in [3.05, 3.63) is 51.8 Å². The summed E-state index contributed by atoms with van der Waals surface area (Å²) in [5.74, 6) is 0. The molecule has 0 radical (unpaired) electrons. The van der Waals surface area contributed by atoms with Gasteiger partial charge in [-0.1, -0.05) is 34.4 Å². The van der Waals surface area contributed by atoms with Crippen LogP contribution >= 0.6 is 23.2 Å². The van der Waals surface area contributed by atoms with Gasteiger partial charge in [-0.25, -0.2) is 0 Å². The van der Waals surface area contributed by atoms with Crippen LogP contribution in [-0.2, 0) is 13.1 Å². The van der Waals surface area contributed by atoms with Crippen molar-refractivity contribution in [3.63, 3.8) is 0 Å². The molecule has 2 rings (SSSR count). The Hall–Kier alpha value is -1.07. The van der Waals surface area contributed by atoms with E-state index in [4.69, 9.17) is 32.8 Å². The molecule has 0 amide bonds. The average molecular weight is 315 g/mol. The summed E-state index contributed by atoms with van der Waals surface area (Å²) in [4.78, 5) is 2.17. The summed E-state index contributed by atoms with van der Waals surface area (Å²) in [6.45, 7) is 2.31. The number of aliphatic hydroxyl groups is 1. The van der Waals surface area contributed by atoms with Crippen molar-refractivity contribution >= 4 is 23.2 Å². The summed E-state index contributed by atoms with van der Waals surface area (Å²) in [6, 6.07) is 7.43. The second-order valence-corrected chi connectivity index (χ2v) is 5.34. The molecule has 0 unspecified atom stereocenters. The number of halogens is 2. The van der Waals surface area contributed by atoms with Crippen LogP contribution in [0.4, 0.5) is 0 Å². The lowest BCUT2D eigenvalue weighted by atomic mass is 10.2. The van der Waals surface area contributed by atoms with Crippen LogP contribution in [0.15, 0.2) is 35.1 Å². The number of hydrogen-bond donors (Lipinski definition) is 1. The number of hydrogen-bond acceptors (Lipinski definition) is 4. The van der Waals surface area contributed by atoms with E-state index in [0.717, 1.165) is 17.8 Å². The first-order valence-electron chi connectivity index (χ1n) is 6.35. The largest absolute Gasteiger partial charge is 0.396 e. The Morgan fingerprint density at radius 1 is 1.15 bits per heavy atom. The summed E-state index contributed by atoms with van der Waals surface area (Å²) < 4.78 is 4.84. The number of aliphatic hydroxyl groups excluding tert-OH is 1. The molecule has 1 aromatic heterocycles. The van der Waals surface area contributed by atoms with E-state index in [9.17, 15) is 0 Å². The summed E-state index contributed by atoms with van der Waals surface area (Å²) >= 11 is 11.9. The van der Waals surface area contributed by atoms with Gasteiger partial charge in [-0.05, 0) is 24.1 Å². The van der Waals surface area contributed by atoms with Crippen molar-refractivity contribution < 1.29 is 9.63 Å². The fourth-order valence-corrected chi connectivity index (χ4v) is 2.27. The summed E-state index contributed by atoms with van der Waals surface area (Å²) in [7, 11) is 0. The predicted molar refractivity (Wildman–Crippen MR) is 78.8 cm³/mol. The highest BCUT2D eigenvalue weighted by Gasteiger charge is 2.10. The lowest BCUT2D eigenvalue weighted by molar-refractivity contribution is 0.208. The van der Waals surface area contributed by atoms with Crippen molar-refractivity contribution in [3.8, 4) is 0 Å². The molecule has 0 aliphatic carbocycles. The van der Waals surface area contributed by atoms with E-state index in [1.165, 1.54) is 0 Å². The maximum atomic E-state index is 8.99. The van der Waals surface area contributed by atoms with Crippen molar-refractivity contribution in [1.29, 1.82) is 0 Å². The third-order valence-electron chi connectivity index (χ3n) is 2.90. The molecule has 0 aliphatic rings. The highest BCUT2D eigenvalue weighted by Crippen LogP contribution is 2.23. The van der Waals surface area contributed by atoms with E-state index in [1.807, 2.05) is 18.2 Å². The number of nitrogens with zero attached hydrogens (tertiary/aromatic N) is 2. The zero-order valence-electron chi connectivity index (χ0n) is 10.9. The van der Waals surface area contributed by atoms with E-state index < -0.39 is 0 Å². The van der Waals surface area contributed by atoms with Gasteiger partial charge in [-0.3, -0.25) is 4.90 Å². The first-order chi connectivity index (χ1) is 9.69. The molecule has 6 heteroatoms. The molecule has 0 saturated carbocycles. The normalized spacial score (nSPS) is 11.2. The van der Waals surface area contributed by atoms with Crippen molar-refractivity contribution in [1.82, 2.24) is 10.1 Å². The van der Waals surface area contributed by atoms with E-state index in [0.29, 0.717) is 29.6 Å². The molecule has 0 bridgehead atoms. The van der Waals surface area contributed by atoms with Crippen LogP contribution in [0.25, 0.3) is 0 Å². The maximum absolute atomic E-state index is 8.99. The summed E-state index contributed by atoms with van der Waals surface area (Å²) in [6.07, 6.45) is 2.26. The Kier molecular flexibility index (Phi) is 5.86. The Morgan fingerprint density at radius 3 is 2.65 bits per heavy atom. The van der Waals surface area contributed by atoms with Gasteiger partial charge in [0, 0.05) is 32.3 Å². The van der Waals surface area contributed by atoms with Crippen LogP contribution in [0.5, 0.6) is 0 Å². The van der Waals surface area contributed by atoms with Gasteiger partial charge in [0.15, 0.2) is 0 Å². The number of aromatic nitrogens is 1. The molecular weight excluding hydrogens is 299 g/mol. The van der Waals surface area contributed by atoms with Gasteiger partial charge in [0.1, 0.15) is 6.26 Å². The van der Waals surface area contributed by atoms with Gasteiger partial charge in [0.05, 0.1) is 15.7 Å². The fraction of sp³-hybridized carbons (Fsp3) is 0.357. The van der Waals surface area contributed by atoms with Crippen LogP contribution in [0, 0.1) is 0 Å². The molecular formula is C14H16Cl2N2O2. The standard InChI is InChI=1S/C14H16Cl2N2O2/c15-13-3-2-11(8-14(13)16)9-18(5-1-6-19)10-12-4-7-20-17-12/h2-4,7-8,19H,1,5-6,9-10H2. The summed E-state index contributed by atoms with van der Waals surface area (Å²) in [5, 5.41) is 14.0. The fourth-order valence-electron chi connectivity index (χ4n) is 1.95. The number of rotatable bonds is 7. The molecule has 20 heavy (non-hydrogen) atoms. The van der Waals surface area contributed by atoms with Crippen molar-refractivity contribution in [2.45, 2.75) is 19.5 Å². The smallest absolute Gasteiger partial charge is 0.124 e. The van der Waals surface area contributed by atoms with Gasteiger partial charge in [0.2, 0.25) is 0 Å². The highest BCUT2D eigenvalue weighted by atomic mass is 35.5. The van der Waals surface area contributed by atoms with E-state index in [2.05, 4.69) is 10.1 Å². The molecule has 0 spiro atoms. The third kappa shape index (κ3) is 4.49. The lowest BCUT2D eigenvalue weighted by Crippen LogP contribution is -2.24. The zero-order chi connectivity index (χ0) is 14.4. The van der Waals surface area contributed by atoms with Gasteiger partial charge in [-0.15, -0.1) is 0 Å². The first-order valence-corrected chi connectivity index (χ1v) is 7.11. The Labute approximate surface area is 127 Å². The Bertz CT molecular complexity index is 532. The van der Waals surface area contributed by atoms with Gasteiger partial charge in [-0.2, -0.15) is 0 Å². The van der Waals surface area contributed by atoms with E-state index in [1.54, 1.807) is 12.3 Å². The third-order valence-corrected chi connectivity index (χ3v) is 3.64. The molecule has 1 heterocycles. The first kappa shape index (κ1) is 15.3. The van der Waals surface area contributed by atoms with Crippen LogP contribution in [0.1, 0.15) is 17.7 Å². The zero-order valence-corrected chi connectivity index (χ0v) is 12.4. The Balaban J connectivity index is 2.04. The van der Waals surface area contributed by atoms with Crippen LogP contribution in [0.2, 0.25) is 10.0 Å². The average Bonchev–Trinajstić information content (AvgIpc) is 2.93. The number of benzene rings is 1. The van der Waals surface area contributed by atoms with Gasteiger partial charge < -0.3 is 9.63 Å². The maximum Gasteiger partial charge on any atom is 0.124 e. The molecule has 1 N–H and O–H groups in total. The molecule has 0 fully saturated rings. The topological polar surface area (TPSA) is 49.5 Å².